The number of aromatic amines is 5. The largest absolute Gasteiger partial charge is 0.454 e. The molecular weight excluding hydrogens is 1770 g/mol. The summed E-state index contributed by atoms with van der Waals surface area (Å²) in [7, 11) is 0. The number of carbonyl (C=O) groups is 1. The zero-order valence-corrected chi connectivity index (χ0v) is 77.6. The van der Waals surface area contributed by atoms with E-state index in [1.807, 2.05) is 85.2 Å². The SMILES string of the molecule is CC1C2CCC(CC2)C1Cc1cc(-c2cncnc2)nc(-c2c[nH]c3ncc(F)cc23)n1.CC1C2CCC(CC2)C1Nc1cc(-c2cc3ccccc3o2)nc(-c2c[nH]c3ncc(F)cc23)n1.CC1C2CCC(CC2)C1Nc1cc(-c2cc3ccccc3s2)nc(-c2c[nH]c3ncc(F)cc23)n1.O=C(NC1CCCC(Nc2cc(-c3ccccc3)nc(-c3c[nH]c4ncc(F)cc34)n2)C1)c1cnc[nH]1. The van der Waals surface area contributed by atoms with E-state index >= 15 is 0 Å². The Hall–Kier alpha value is -14.9. The van der Waals surface area contributed by atoms with Crippen LogP contribution in [-0.2, 0) is 6.42 Å². The highest BCUT2D eigenvalue weighted by Crippen LogP contribution is 2.52. The lowest BCUT2D eigenvalue weighted by molar-refractivity contribution is 0.0339. The predicted octanol–water partition coefficient (Wildman–Crippen LogP) is 24.0. The number of rotatable bonds is 18. The van der Waals surface area contributed by atoms with Gasteiger partial charge in [0.15, 0.2) is 29.1 Å². The molecule has 0 radical (unpaired) electrons. The highest BCUT2D eigenvalue weighted by molar-refractivity contribution is 7.22. The first-order valence-electron chi connectivity index (χ1n) is 48.5. The third kappa shape index (κ3) is 18.3. The number of fused-ring (bicyclic) bond motifs is 15. The fourth-order valence-corrected chi connectivity index (χ4v) is 24.2. The smallest absolute Gasteiger partial charge is 0.269 e. The van der Waals surface area contributed by atoms with Crippen LogP contribution in [0.2, 0.25) is 0 Å². The molecule has 3 aromatic carbocycles. The first kappa shape index (κ1) is 88.1. The van der Waals surface area contributed by atoms with Crippen LogP contribution >= 0.6 is 11.3 Å². The van der Waals surface area contributed by atoms with Crippen molar-refractivity contribution < 1.29 is 26.8 Å². The van der Waals surface area contributed by atoms with E-state index in [1.54, 1.807) is 36.1 Å². The molecule has 10 fully saturated rings. The summed E-state index contributed by atoms with van der Waals surface area (Å²) < 4.78 is 63.4. The van der Waals surface area contributed by atoms with Crippen LogP contribution in [-0.4, -0.2) is 130 Å². The van der Waals surface area contributed by atoms with E-state index in [-0.39, 0.29) is 29.6 Å². The number of benzene rings is 3. The number of pyridine rings is 4. The monoisotopic (exact) mass is 1870 g/mol. The quantitative estimate of drug-likeness (QED) is 0.0360. The normalized spacial score (nSPS) is 22.4. The molecule has 29 rings (SSSR count). The number of anilines is 3. The molecule has 9 N–H and O–H groups in total. The van der Waals surface area contributed by atoms with Crippen molar-refractivity contribution in [2.24, 2.45) is 59.2 Å². The molecule has 700 valence electrons. The highest BCUT2D eigenvalue weighted by atomic mass is 32.1. The fourth-order valence-electron chi connectivity index (χ4n) is 23.2. The average Bonchev–Trinajstić information content (AvgIpc) is 1.72. The van der Waals surface area contributed by atoms with Gasteiger partial charge in [-0.25, -0.2) is 92.3 Å². The maximum atomic E-state index is 14.1. The van der Waals surface area contributed by atoms with Crippen molar-refractivity contribution in [1.29, 1.82) is 0 Å². The second-order valence-electron chi connectivity index (χ2n) is 38.7. The lowest BCUT2D eigenvalue weighted by Gasteiger charge is -2.47. The summed E-state index contributed by atoms with van der Waals surface area (Å²) in [5, 5.41) is 19.1. The molecule has 16 heterocycles. The Bertz CT molecular complexity index is 7390. The van der Waals surface area contributed by atoms with E-state index in [4.69, 9.17) is 44.3 Å². The standard InChI is InChI=1S/C28H26FN5O.C28H26FN5S.C27H25FN8O.C25H25FN6/c2*1-15-16-6-8-17(9-7-16)26(15)33-25-12-22(24-10-18-4-2-3-5-23(18)35-24)32-28(34-25)21-14-31-27-20(21)11-19(29)13-30-27;28-17-9-20-21(13-31-25(20)30-12-17)26-35-22(16-5-2-1-3-6-16)11-24(36-26)33-18-7-4-8-19(10-18)34-27(37)23-14-29-15-32-23;1-14-15-2-4-16(5-3-15)20(14)7-19-8-23(17-9-27-13-28-10-17)32-25(31-19)22-12-30-24-21(22)6-18(26)11-29-24/h2*2-5,10-17,26H,6-9H2,1H3,(H,30,31)(H,32,33,34);1-3,5-6,9,11-15,18-19H,4,7-8,10H2,(H,29,32)(H,30,31)(H,34,37)(H,33,35,36);6,8-16,20H,2-5,7H2,1H3,(H,29,30). The van der Waals surface area contributed by atoms with Gasteiger partial charge in [-0.15, -0.1) is 11.3 Å². The molecule has 0 aliphatic heterocycles. The third-order valence-electron chi connectivity index (χ3n) is 30.5. The Morgan fingerprint density at radius 2 is 0.871 bits per heavy atom. The van der Waals surface area contributed by atoms with Crippen LogP contribution in [0.4, 0.5) is 35.0 Å². The van der Waals surface area contributed by atoms with Crippen molar-refractivity contribution in [3.63, 3.8) is 0 Å². The van der Waals surface area contributed by atoms with Crippen LogP contribution in [0.25, 0.3) is 155 Å². The number of nitrogens with one attached hydrogen (secondary N) is 9. The van der Waals surface area contributed by atoms with Crippen molar-refractivity contribution in [3.8, 4) is 90.1 Å². The Kier molecular flexibility index (Phi) is 24.0. The summed E-state index contributed by atoms with van der Waals surface area (Å²) in [5.41, 5.74) is 12.5. The van der Waals surface area contributed by atoms with Crippen LogP contribution in [0.5, 0.6) is 0 Å². The molecule has 10 aliphatic carbocycles. The lowest BCUT2D eigenvalue weighted by atomic mass is 9.58. The van der Waals surface area contributed by atoms with Gasteiger partial charge >= 0.3 is 0 Å². The Morgan fingerprint density at radius 3 is 1.40 bits per heavy atom. The highest BCUT2D eigenvalue weighted by Gasteiger charge is 2.45. The summed E-state index contributed by atoms with van der Waals surface area (Å²) in [5.74, 6) is 10.5. The molecule has 8 unspecified atom stereocenters. The number of imidazole rings is 1. The first-order valence-corrected chi connectivity index (χ1v) is 49.3. The number of aromatic nitrogens is 20. The van der Waals surface area contributed by atoms with Crippen LogP contribution in [0.15, 0.2) is 225 Å². The minimum absolute atomic E-state index is 0.0413. The number of hydrogen-bond acceptors (Lipinski definition) is 21. The number of H-pyrrole nitrogens is 5. The fraction of sp³-hybridized carbons (Fsp3) is 0.315. The van der Waals surface area contributed by atoms with Gasteiger partial charge < -0.3 is 50.6 Å². The van der Waals surface area contributed by atoms with Crippen LogP contribution in [0.1, 0.15) is 140 Å². The number of halogens is 4. The van der Waals surface area contributed by atoms with E-state index in [9.17, 15) is 22.4 Å². The molecule has 0 saturated heterocycles. The number of amides is 1. The lowest BCUT2D eigenvalue weighted by Crippen LogP contribution is -2.47. The average molecular weight is 1880 g/mol. The Labute approximate surface area is 801 Å². The Morgan fingerprint density at radius 1 is 0.410 bits per heavy atom. The molecule has 8 atom stereocenters. The van der Waals surface area contributed by atoms with E-state index in [0.29, 0.717) is 143 Å². The molecule has 16 aromatic heterocycles. The number of thiophene rings is 1. The minimum atomic E-state index is -0.420. The predicted molar refractivity (Wildman–Crippen MR) is 532 cm³/mol. The van der Waals surface area contributed by atoms with Crippen LogP contribution < -0.4 is 21.3 Å². The van der Waals surface area contributed by atoms with Crippen molar-refractivity contribution in [2.45, 2.75) is 154 Å². The van der Waals surface area contributed by atoms with Crippen molar-refractivity contribution in [1.82, 2.24) is 105 Å². The minimum Gasteiger partial charge on any atom is -0.454 e. The van der Waals surface area contributed by atoms with Crippen molar-refractivity contribution in [2.75, 3.05) is 16.0 Å². The molecule has 10 saturated carbocycles. The van der Waals surface area contributed by atoms with Gasteiger partial charge in [-0.3, -0.25) is 4.79 Å². The van der Waals surface area contributed by atoms with E-state index < -0.39 is 11.6 Å². The summed E-state index contributed by atoms with van der Waals surface area (Å²) >= 11 is 1.73. The summed E-state index contributed by atoms with van der Waals surface area (Å²) in [6.45, 7) is 7.17. The van der Waals surface area contributed by atoms with Gasteiger partial charge in [-0.2, -0.15) is 0 Å². The van der Waals surface area contributed by atoms with Gasteiger partial charge in [0.25, 0.3) is 5.91 Å². The van der Waals surface area contributed by atoms with Gasteiger partial charge in [0, 0.05) is 150 Å². The Balaban J connectivity index is 0.000000104. The third-order valence-corrected chi connectivity index (χ3v) is 31.6. The number of carbonyl (C=O) groups excluding carboxylic acids is 1. The van der Waals surface area contributed by atoms with E-state index in [2.05, 4.69) is 144 Å². The maximum Gasteiger partial charge on any atom is 0.269 e. The summed E-state index contributed by atoms with van der Waals surface area (Å²) in [4.78, 5) is 96.9. The molecule has 10 aliphatic rings. The topological polar surface area (TPSA) is 351 Å². The van der Waals surface area contributed by atoms with Gasteiger partial charge in [0.1, 0.15) is 86.6 Å². The van der Waals surface area contributed by atoms with Crippen molar-refractivity contribution in [3.05, 3.63) is 255 Å². The molecule has 1 amide bonds. The molecular formula is C108H102F4N24O2S. The van der Waals surface area contributed by atoms with Crippen LogP contribution in [0.3, 0.4) is 0 Å². The molecule has 26 nitrogen and oxygen atoms in total. The van der Waals surface area contributed by atoms with Gasteiger partial charge in [-0.1, -0.05) is 87.5 Å². The first-order chi connectivity index (χ1) is 68.0. The molecule has 31 heteroatoms. The molecule has 0 spiro atoms. The zero-order valence-electron chi connectivity index (χ0n) is 76.8. The zero-order chi connectivity index (χ0) is 93.9. The number of nitrogens with zero attached hydrogens (tertiary/aromatic N) is 15. The number of hydrogen-bond donors (Lipinski definition) is 9. The number of para-hydroxylation sites is 1. The summed E-state index contributed by atoms with van der Waals surface area (Å²) in [6, 6.07) is 45.3. The molecule has 139 heavy (non-hydrogen) atoms. The van der Waals surface area contributed by atoms with Gasteiger partial charge in [-0.05, 0) is 228 Å². The molecule has 6 bridgehead atoms. The second kappa shape index (κ2) is 37.9. The number of furan rings is 1. The van der Waals surface area contributed by atoms with E-state index in [0.717, 1.165) is 134 Å². The second-order valence-corrected chi connectivity index (χ2v) is 39.8. The molecule has 19 aromatic rings. The maximum absolute atomic E-state index is 14.1. The van der Waals surface area contributed by atoms with E-state index in [1.165, 1.54) is 155 Å². The summed E-state index contributed by atoms with van der Waals surface area (Å²) in [6.07, 6.45) is 40.5. The van der Waals surface area contributed by atoms with Gasteiger partial charge in [0.05, 0.1) is 59.3 Å². The van der Waals surface area contributed by atoms with Crippen molar-refractivity contribution >= 4 is 99.9 Å². The van der Waals surface area contributed by atoms with Crippen LogP contribution in [0, 0.1) is 82.4 Å². The van der Waals surface area contributed by atoms with Gasteiger partial charge in [0.2, 0.25) is 0 Å².